The number of aromatic nitrogens is 1. The van der Waals surface area contributed by atoms with Gasteiger partial charge in [0.15, 0.2) is 0 Å². The molecule has 3 rings (SSSR count). The van der Waals surface area contributed by atoms with Gasteiger partial charge in [-0.1, -0.05) is 37.8 Å². The molecule has 1 aliphatic carbocycles. The van der Waals surface area contributed by atoms with Crippen LogP contribution in [0.5, 0.6) is 0 Å². The van der Waals surface area contributed by atoms with E-state index >= 15 is 0 Å². The van der Waals surface area contributed by atoms with Crippen molar-refractivity contribution in [2.75, 3.05) is 6.61 Å². The lowest BCUT2D eigenvalue weighted by atomic mass is 9.90. The molecule has 4 heteroatoms. The van der Waals surface area contributed by atoms with Gasteiger partial charge in [-0.05, 0) is 50.3 Å². The van der Waals surface area contributed by atoms with Gasteiger partial charge in [0.2, 0.25) is 5.91 Å². The van der Waals surface area contributed by atoms with E-state index in [2.05, 4.69) is 36.3 Å². The van der Waals surface area contributed by atoms with Gasteiger partial charge < -0.3 is 15.4 Å². The monoisotopic (exact) mass is 342 g/mol. The molecule has 4 nitrogen and oxygen atoms in total. The molecule has 1 aromatic carbocycles. The van der Waals surface area contributed by atoms with Crippen molar-refractivity contribution < 1.29 is 9.90 Å². The molecule has 0 aliphatic heterocycles. The number of benzene rings is 1. The van der Waals surface area contributed by atoms with E-state index in [0.717, 1.165) is 42.5 Å². The first-order chi connectivity index (χ1) is 12.0. The highest BCUT2D eigenvalue weighted by atomic mass is 16.3. The largest absolute Gasteiger partial charge is 0.394 e. The van der Waals surface area contributed by atoms with Gasteiger partial charge in [-0.25, -0.2) is 0 Å². The minimum atomic E-state index is -0.432. The second-order valence-electron chi connectivity index (χ2n) is 7.76. The standard InChI is InChI=1S/C21H30N2O2/c1-14-8-9-15(2)20-19(14)17(16(3)22-20)12-18(25)23-21(13-24)10-6-4-5-7-11-21/h8-9,22,24H,4-7,10-13H2,1-3H3,(H,23,25). The number of carbonyl (C=O) groups is 1. The van der Waals surface area contributed by atoms with E-state index in [4.69, 9.17) is 0 Å². The van der Waals surface area contributed by atoms with E-state index in [1.54, 1.807) is 0 Å². The number of fused-ring (bicyclic) bond motifs is 1. The summed E-state index contributed by atoms with van der Waals surface area (Å²) in [5.41, 5.74) is 5.23. The number of amides is 1. The molecule has 136 valence electrons. The Balaban J connectivity index is 1.85. The summed E-state index contributed by atoms with van der Waals surface area (Å²) in [5.74, 6) is 0.0147. The van der Waals surface area contributed by atoms with Crippen LogP contribution in [-0.2, 0) is 11.2 Å². The normalized spacial score (nSPS) is 17.4. The lowest BCUT2D eigenvalue weighted by Crippen LogP contribution is -2.51. The molecule has 1 aliphatic rings. The first-order valence-corrected chi connectivity index (χ1v) is 9.45. The van der Waals surface area contributed by atoms with E-state index in [-0.39, 0.29) is 12.5 Å². The Hall–Kier alpha value is -1.81. The van der Waals surface area contributed by atoms with E-state index < -0.39 is 5.54 Å². The fraction of sp³-hybridized carbons (Fsp3) is 0.571. The average Bonchev–Trinajstić information content (AvgIpc) is 2.77. The van der Waals surface area contributed by atoms with E-state index in [0.29, 0.717) is 6.42 Å². The molecule has 1 saturated carbocycles. The summed E-state index contributed by atoms with van der Waals surface area (Å²) in [6.07, 6.45) is 6.64. The third-order valence-corrected chi connectivity index (χ3v) is 5.79. The number of rotatable bonds is 4. The first kappa shape index (κ1) is 18.0. The molecule has 0 atom stereocenters. The number of nitrogens with one attached hydrogen (secondary N) is 2. The molecule has 0 saturated heterocycles. The van der Waals surface area contributed by atoms with Crippen molar-refractivity contribution in [3.63, 3.8) is 0 Å². The Labute approximate surface area is 150 Å². The summed E-state index contributed by atoms with van der Waals surface area (Å²) in [5, 5.41) is 14.3. The molecular weight excluding hydrogens is 312 g/mol. The third kappa shape index (κ3) is 3.59. The highest BCUT2D eigenvalue weighted by Crippen LogP contribution is 2.30. The Morgan fingerprint density at radius 3 is 2.40 bits per heavy atom. The van der Waals surface area contributed by atoms with Crippen molar-refractivity contribution in [3.05, 3.63) is 34.5 Å². The second kappa shape index (κ2) is 7.20. The fourth-order valence-electron chi connectivity index (χ4n) is 4.26. The zero-order valence-electron chi connectivity index (χ0n) is 15.7. The van der Waals surface area contributed by atoms with Gasteiger partial charge in [-0.3, -0.25) is 4.79 Å². The molecule has 0 radical (unpaired) electrons. The van der Waals surface area contributed by atoms with E-state index in [1.165, 1.54) is 29.4 Å². The van der Waals surface area contributed by atoms with Crippen LogP contribution in [-0.4, -0.2) is 28.1 Å². The summed E-state index contributed by atoms with van der Waals surface area (Å²) in [6.45, 7) is 6.25. The van der Waals surface area contributed by atoms with Crippen LogP contribution in [0, 0.1) is 20.8 Å². The highest BCUT2D eigenvalue weighted by molar-refractivity contribution is 5.94. The van der Waals surface area contributed by atoms with Crippen LogP contribution in [0.15, 0.2) is 12.1 Å². The first-order valence-electron chi connectivity index (χ1n) is 9.45. The van der Waals surface area contributed by atoms with Gasteiger partial charge in [0.25, 0.3) is 0 Å². The lowest BCUT2D eigenvalue weighted by molar-refractivity contribution is -0.123. The Kier molecular flexibility index (Phi) is 5.19. The number of hydrogen-bond donors (Lipinski definition) is 3. The molecule has 1 fully saturated rings. The number of hydrogen-bond acceptors (Lipinski definition) is 2. The van der Waals surface area contributed by atoms with E-state index in [1.807, 2.05) is 6.92 Å². The van der Waals surface area contributed by atoms with Crippen LogP contribution in [0.25, 0.3) is 10.9 Å². The molecule has 1 heterocycles. The van der Waals surface area contributed by atoms with Crippen molar-refractivity contribution in [1.29, 1.82) is 0 Å². The van der Waals surface area contributed by atoms with Gasteiger partial charge >= 0.3 is 0 Å². The van der Waals surface area contributed by atoms with E-state index in [9.17, 15) is 9.90 Å². The molecule has 1 aromatic heterocycles. The highest BCUT2D eigenvalue weighted by Gasteiger charge is 2.32. The molecular formula is C21H30N2O2. The number of aliphatic hydroxyl groups is 1. The summed E-state index contributed by atoms with van der Waals surface area (Å²) in [6, 6.07) is 4.23. The topological polar surface area (TPSA) is 65.1 Å². The summed E-state index contributed by atoms with van der Waals surface area (Å²) < 4.78 is 0. The van der Waals surface area contributed by atoms with Gasteiger partial charge in [-0.2, -0.15) is 0 Å². The number of H-pyrrole nitrogens is 1. The van der Waals surface area contributed by atoms with Gasteiger partial charge in [-0.15, -0.1) is 0 Å². The van der Waals surface area contributed by atoms with Crippen molar-refractivity contribution >= 4 is 16.8 Å². The lowest BCUT2D eigenvalue weighted by Gasteiger charge is -2.32. The SMILES string of the molecule is Cc1[nH]c2c(C)ccc(C)c2c1CC(=O)NC1(CO)CCCCCC1. The van der Waals surface area contributed by atoms with Crippen molar-refractivity contribution in [2.24, 2.45) is 0 Å². The second-order valence-corrected chi connectivity index (χ2v) is 7.76. The molecule has 3 N–H and O–H groups in total. The molecule has 0 unspecified atom stereocenters. The Morgan fingerprint density at radius 1 is 1.12 bits per heavy atom. The van der Waals surface area contributed by atoms with Gasteiger partial charge in [0.05, 0.1) is 18.6 Å². The zero-order chi connectivity index (χ0) is 18.0. The maximum Gasteiger partial charge on any atom is 0.225 e. The zero-order valence-corrected chi connectivity index (χ0v) is 15.7. The van der Waals surface area contributed by atoms with Crippen molar-refractivity contribution in [1.82, 2.24) is 10.3 Å². The number of carbonyl (C=O) groups excluding carboxylic acids is 1. The molecule has 0 bridgehead atoms. The number of aromatic amines is 1. The van der Waals surface area contributed by atoms with Crippen LogP contribution in [0.4, 0.5) is 0 Å². The smallest absolute Gasteiger partial charge is 0.225 e. The van der Waals surface area contributed by atoms with Crippen LogP contribution in [0.2, 0.25) is 0 Å². The van der Waals surface area contributed by atoms with Crippen LogP contribution in [0.3, 0.4) is 0 Å². The minimum Gasteiger partial charge on any atom is -0.394 e. The summed E-state index contributed by atoms with van der Waals surface area (Å²) in [7, 11) is 0. The van der Waals surface area contributed by atoms with Gasteiger partial charge in [0.1, 0.15) is 0 Å². The van der Waals surface area contributed by atoms with Crippen LogP contribution < -0.4 is 5.32 Å². The predicted molar refractivity (Wildman–Crippen MR) is 102 cm³/mol. The summed E-state index contributed by atoms with van der Waals surface area (Å²) >= 11 is 0. The molecule has 0 spiro atoms. The van der Waals surface area contributed by atoms with Crippen molar-refractivity contribution in [3.8, 4) is 0 Å². The molecule has 25 heavy (non-hydrogen) atoms. The minimum absolute atomic E-state index is 0.0147. The molecule has 2 aromatic rings. The number of aliphatic hydroxyl groups excluding tert-OH is 1. The fourth-order valence-corrected chi connectivity index (χ4v) is 4.26. The summed E-state index contributed by atoms with van der Waals surface area (Å²) in [4.78, 5) is 16.3. The third-order valence-electron chi connectivity index (χ3n) is 5.79. The van der Waals surface area contributed by atoms with Gasteiger partial charge in [0, 0.05) is 16.6 Å². The average molecular weight is 342 g/mol. The Bertz CT molecular complexity index is 768. The molecule has 1 amide bonds. The predicted octanol–water partition coefficient (Wildman–Crippen LogP) is 3.84. The van der Waals surface area contributed by atoms with Crippen LogP contribution in [0.1, 0.15) is 60.9 Å². The maximum absolute atomic E-state index is 12.8. The number of aryl methyl sites for hydroxylation is 3. The maximum atomic E-state index is 12.8. The van der Waals surface area contributed by atoms with Crippen LogP contribution >= 0.6 is 0 Å². The Morgan fingerprint density at radius 2 is 1.76 bits per heavy atom. The van der Waals surface area contributed by atoms with Crippen molar-refractivity contribution in [2.45, 2.75) is 71.3 Å². The quantitative estimate of drug-likeness (QED) is 0.739.